The maximum absolute atomic E-state index is 9.83. The molecule has 0 radical (unpaired) electrons. The van der Waals surface area contributed by atoms with Crippen LogP contribution in [0, 0.1) is 0 Å². The third-order valence-electron chi connectivity index (χ3n) is 3.04. The normalized spacial score (nSPS) is 46.6. The molecule has 0 aliphatic carbocycles. The molecule has 2 aliphatic heterocycles. The zero-order valence-electron chi connectivity index (χ0n) is 7.70. The predicted molar refractivity (Wildman–Crippen MR) is 47.4 cm³/mol. The Labute approximate surface area is 77.9 Å². The number of hydrogen-bond donors (Lipinski definition) is 3. The highest BCUT2D eigenvalue weighted by molar-refractivity contribution is 4.97. The fourth-order valence-electron chi connectivity index (χ4n) is 2.21. The van der Waals surface area contributed by atoms with E-state index in [0.29, 0.717) is 19.6 Å². The van der Waals surface area contributed by atoms with Gasteiger partial charge in [-0.15, -0.1) is 0 Å². The highest BCUT2D eigenvalue weighted by Gasteiger charge is 2.44. The van der Waals surface area contributed by atoms with Crippen molar-refractivity contribution in [1.29, 1.82) is 0 Å². The summed E-state index contributed by atoms with van der Waals surface area (Å²) < 4.78 is 5.57. The molecule has 76 valence electrons. The van der Waals surface area contributed by atoms with Crippen LogP contribution in [0.1, 0.15) is 19.3 Å². The van der Waals surface area contributed by atoms with E-state index in [9.17, 15) is 10.2 Å². The number of aliphatic hydroxyl groups excluding tert-OH is 2. The molecule has 2 rings (SSSR count). The monoisotopic (exact) mass is 187 g/mol. The van der Waals surface area contributed by atoms with Crippen LogP contribution in [0.25, 0.3) is 0 Å². The third-order valence-corrected chi connectivity index (χ3v) is 3.04. The molecule has 2 saturated heterocycles. The van der Waals surface area contributed by atoms with Gasteiger partial charge in [0.1, 0.15) is 5.60 Å². The number of hydrogen-bond acceptors (Lipinski definition) is 4. The van der Waals surface area contributed by atoms with E-state index < -0.39 is 17.8 Å². The fourth-order valence-corrected chi connectivity index (χ4v) is 2.21. The molecule has 2 fully saturated rings. The largest absolute Gasteiger partial charge is 0.391 e. The second-order valence-electron chi connectivity index (χ2n) is 4.06. The first-order chi connectivity index (χ1) is 6.23. The van der Waals surface area contributed by atoms with Crippen molar-refractivity contribution in [2.45, 2.75) is 37.1 Å². The van der Waals surface area contributed by atoms with Crippen LogP contribution < -0.4 is 5.32 Å². The van der Waals surface area contributed by atoms with Gasteiger partial charge in [-0.05, 0) is 19.4 Å². The topological polar surface area (TPSA) is 61.7 Å². The van der Waals surface area contributed by atoms with Gasteiger partial charge in [-0.25, -0.2) is 0 Å². The Kier molecular flexibility index (Phi) is 2.55. The predicted octanol–water partition coefficient (Wildman–Crippen LogP) is -0.749. The van der Waals surface area contributed by atoms with Crippen LogP contribution in [0.2, 0.25) is 0 Å². The molecular weight excluding hydrogens is 170 g/mol. The first-order valence-corrected chi connectivity index (χ1v) is 4.94. The van der Waals surface area contributed by atoms with Crippen LogP contribution in [-0.2, 0) is 4.74 Å². The Hall–Kier alpha value is -0.160. The van der Waals surface area contributed by atoms with Crippen LogP contribution in [0.15, 0.2) is 0 Å². The molecule has 0 aromatic heterocycles. The van der Waals surface area contributed by atoms with Gasteiger partial charge >= 0.3 is 0 Å². The van der Waals surface area contributed by atoms with Crippen LogP contribution >= 0.6 is 0 Å². The molecule has 0 bridgehead atoms. The lowest BCUT2D eigenvalue weighted by Crippen LogP contribution is -2.59. The van der Waals surface area contributed by atoms with Gasteiger partial charge in [0.05, 0.1) is 18.8 Å². The van der Waals surface area contributed by atoms with Gasteiger partial charge in [0.25, 0.3) is 0 Å². The molecule has 0 aromatic carbocycles. The number of ether oxygens (including phenoxy) is 1. The van der Waals surface area contributed by atoms with Crippen molar-refractivity contribution in [2.75, 3.05) is 19.7 Å². The van der Waals surface area contributed by atoms with Crippen molar-refractivity contribution in [3.05, 3.63) is 0 Å². The van der Waals surface area contributed by atoms with Crippen molar-refractivity contribution < 1.29 is 14.9 Å². The van der Waals surface area contributed by atoms with E-state index in [2.05, 4.69) is 5.32 Å². The van der Waals surface area contributed by atoms with Gasteiger partial charge < -0.3 is 20.3 Å². The Bertz CT molecular complexity index is 180. The van der Waals surface area contributed by atoms with E-state index in [4.69, 9.17) is 4.74 Å². The highest BCUT2D eigenvalue weighted by Crippen LogP contribution is 2.31. The standard InChI is InChI=1S/C9H17NO3/c11-7-4-8(12)9(13-5-7)2-1-3-10-6-9/h7-8,10-12H,1-6H2. The summed E-state index contributed by atoms with van der Waals surface area (Å²) in [4.78, 5) is 0. The number of piperidine rings is 1. The Morgan fingerprint density at radius 3 is 2.85 bits per heavy atom. The average Bonchev–Trinajstić information content (AvgIpc) is 2.14. The Balaban J connectivity index is 2.03. The van der Waals surface area contributed by atoms with Gasteiger partial charge in [-0.2, -0.15) is 0 Å². The fraction of sp³-hybridized carbons (Fsp3) is 1.00. The van der Waals surface area contributed by atoms with E-state index in [1.165, 1.54) is 0 Å². The highest BCUT2D eigenvalue weighted by atomic mass is 16.5. The zero-order valence-corrected chi connectivity index (χ0v) is 7.70. The maximum atomic E-state index is 9.83. The lowest BCUT2D eigenvalue weighted by atomic mass is 9.83. The molecule has 0 saturated carbocycles. The minimum atomic E-state index is -0.524. The van der Waals surface area contributed by atoms with Gasteiger partial charge in [0.15, 0.2) is 0 Å². The van der Waals surface area contributed by atoms with Crippen LogP contribution in [-0.4, -0.2) is 47.7 Å². The maximum Gasteiger partial charge on any atom is 0.107 e. The Morgan fingerprint density at radius 2 is 2.23 bits per heavy atom. The first-order valence-electron chi connectivity index (χ1n) is 4.94. The second-order valence-corrected chi connectivity index (χ2v) is 4.06. The van der Waals surface area contributed by atoms with Gasteiger partial charge in [-0.3, -0.25) is 0 Å². The van der Waals surface area contributed by atoms with E-state index >= 15 is 0 Å². The molecule has 1 spiro atoms. The summed E-state index contributed by atoms with van der Waals surface area (Å²) >= 11 is 0. The number of nitrogens with one attached hydrogen (secondary N) is 1. The van der Waals surface area contributed by atoms with Crippen molar-refractivity contribution in [2.24, 2.45) is 0 Å². The molecule has 3 atom stereocenters. The smallest absolute Gasteiger partial charge is 0.107 e. The Morgan fingerprint density at radius 1 is 1.38 bits per heavy atom. The summed E-state index contributed by atoms with van der Waals surface area (Å²) in [5.41, 5.74) is -0.419. The van der Waals surface area contributed by atoms with Crippen molar-refractivity contribution in [3.8, 4) is 0 Å². The molecule has 4 heteroatoms. The van der Waals surface area contributed by atoms with E-state index in [1.807, 2.05) is 0 Å². The van der Waals surface area contributed by atoms with Crippen LogP contribution in [0.5, 0.6) is 0 Å². The zero-order chi connectivity index (χ0) is 9.31. The molecule has 3 unspecified atom stereocenters. The lowest BCUT2D eigenvalue weighted by molar-refractivity contribution is -0.193. The molecule has 0 amide bonds. The number of rotatable bonds is 0. The van der Waals surface area contributed by atoms with Crippen molar-refractivity contribution in [1.82, 2.24) is 5.32 Å². The summed E-state index contributed by atoms with van der Waals surface area (Å²) in [6.45, 7) is 2.07. The molecule has 0 aromatic rings. The summed E-state index contributed by atoms with van der Waals surface area (Å²) in [6, 6.07) is 0. The molecule has 3 N–H and O–H groups in total. The quantitative estimate of drug-likeness (QED) is 0.467. The van der Waals surface area contributed by atoms with Gasteiger partial charge in [0, 0.05) is 13.0 Å². The van der Waals surface area contributed by atoms with Crippen LogP contribution in [0.3, 0.4) is 0 Å². The summed E-state index contributed by atoms with van der Waals surface area (Å²) in [6.07, 6.45) is 1.36. The molecule has 2 aliphatic rings. The van der Waals surface area contributed by atoms with Crippen molar-refractivity contribution >= 4 is 0 Å². The van der Waals surface area contributed by atoms with E-state index in [-0.39, 0.29) is 0 Å². The molecular formula is C9H17NO3. The lowest BCUT2D eigenvalue weighted by Gasteiger charge is -2.45. The minimum absolute atomic E-state index is 0.360. The van der Waals surface area contributed by atoms with E-state index in [1.54, 1.807) is 0 Å². The van der Waals surface area contributed by atoms with E-state index in [0.717, 1.165) is 19.4 Å². The van der Waals surface area contributed by atoms with Crippen LogP contribution in [0.4, 0.5) is 0 Å². The number of aliphatic hydroxyl groups is 2. The minimum Gasteiger partial charge on any atom is -0.391 e. The molecule has 2 heterocycles. The summed E-state index contributed by atoms with van der Waals surface area (Å²) in [5, 5.41) is 22.3. The SMILES string of the molecule is OC1COC2(CCCNC2)C(O)C1. The second kappa shape index (κ2) is 3.53. The molecule has 4 nitrogen and oxygen atoms in total. The summed E-state index contributed by atoms with van der Waals surface area (Å²) in [7, 11) is 0. The summed E-state index contributed by atoms with van der Waals surface area (Å²) in [5.74, 6) is 0. The average molecular weight is 187 g/mol. The third kappa shape index (κ3) is 1.72. The first kappa shape index (κ1) is 9.40. The van der Waals surface area contributed by atoms with Gasteiger partial charge in [0.2, 0.25) is 0 Å². The van der Waals surface area contributed by atoms with Crippen molar-refractivity contribution in [3.63, 3.8) is 0 Å². The van der Waals surface area contributed by atoms with Gasteiger partial charge in [-0.1, -0.05) is 0 Å². The molecule has 13 heavy (non-hydrogen) atoms.